The van der Waals surface area contributed by atoms with E-state index >= 15 is 0 Å². The first-order valence-electron chi connectivity index (χ1n) is 5.54. The van der Waals surface area contributed by atoms with Gasteiger partial charge in [0.2, 0.25) is 0 Å². The number of benzene rings is 1. The van der Waals surface area contributed by atoms with Crippen LogP contribution in [0.25, 0.3) is 0 Å². The van der Waals surface area contributed by atoms with Crippen molar-refractivity contribution in [1.82, 2.24) is 5.32 Å². The molecule has 0 saturated carbocycles. The minimum absolute atomic E-state index is 0.0735. The monoisotopic (exact) mass is 347 g/mol. The fraction of sp³-hybridized carbons (Fsp3) is 0.231. The molecule has 0 aliphatic carbocycles. The van der Waals surface area contributed by atoms with E-state index in [0.29, 0.717) is 10.0 Å². The van der Waals surface area contributed by atoms with Crippen LogP contribution in [-0.2, 0) is 0 Å². The van der Waals surface area contributed by atoms with E-state index in [1.165, 1.54) is 0 Å². The molecule has 0 fully saturated rings. The van der Waals surface area contributed by atoms with E-state index in [0.717, 1.165) is 22.3 Å². The van der Waals surface area contributed by atoms with Gasteiger partial charge in [-0.2, -0.15) is 0 Å². The molecule has 0 aliphatic rings. The first-order valence-corrected chi connectivity index (χ1v) is 7.09. The summed E-state index contributed by atoms with van der Waals surface area (Å²) in [6.07, 6.45) is 1.65. The molecule has 1 unspecified atom stereocenters. The highest BCUT2D eigenvalue weighted by Crippen LogP contribution is 2.32. The van der Waals surface area contributed by atoms with Crippen LogP contribution in [0.2, 0.25) is 10.0 Å². The predicted octanol–water partition coefficient (Wildman–Crippen LogP) is 5.05. The highest BCUT2D eigenvalue weighted by atomic mass is 79.9. The van der Waals surface area contributed by atoms with Crippen LogP contribution in [0.15, 0.2) is 39.4 Å². The van der Waals surface area contributed by atoms with Gasteiger partial charge in [-0.25, -0.2) is 0 Å². The molecule has 0 amide bonds. The predicted molar refractivity (Wildman–Crippen MR) is 78.4 cm³/mol. The maximum Gasteiger partial charge on any atom is 0.139 e. The molecule has 18 heavy (non-hydrogen) atoms. The van der Waals surface area contributed by atoms with Crippen molar-refractivity contribution >= 4 is 39.1 Å². The largest absolute Gasteiger partial charge is 0.466 e. The molecule has 1 atom stereocenters. The van der Waals surface area contributed by atoms with E-state index in [1.54, 1.807) is 12.3 Å². The van der Waals surface area contributed by atoms with Gasteiger partial charge in [-0.15, -0.1) is 0 Å². The van der Waals surface area contributed by atoms with E-state index in [-0.39, 0.29) is 6.04 Å². The molecule has 0 saturated heterocycles. The first-order chi connectivity index (χ1) is 8.61. The third-order valence-electron chi connectivity index (χ3n) is 2.53. The minimum Gasteiger partial charge on any atom is -0.466 e. The van der Waals surface area contributed by atoms with Crippen LogP contribution < -0.4 is 5.32 Å². The lowest BCUT2D eigenvalue weighted by Gasteiger charge is -2.17. The van der Waals surface area contributed by atoms with E-state index in [4.69, 9.17) is 27.6 Å². The zero-order valence-corrected chi connectivity index (χ0v) is 12.8. The van der Waals surface area contributed by atoms with E-state index in [1.807, 2.05) is 25.1 Å². The zero-order chi connectivity index (χ0) is 13.1. The van der Waals surface area contributed by atoms with Crippen molar-refractivity contribution in [1.29, 1.82) is 0 Å². The highest BCUT2D eigenvalue weighted by molar-refractivity contribution is 9.10. The Kier molecular flexibility index (Phi) is 4.73. The van der Waals surface area contributed by atoms with Gasteiger partial charge in [0.05, 0.1) is 16.8 Å². The highest BCUT2D eigenvalue weighted by Gasteiger charge is 2.19. The standard InChI is InChI=1S/C13H12BrCl2NO/c1-2-17-12(13-11(14)3-4-18-13)8-5-9(15)7-10(16)6-8/h3-7,12,17H,2H2,1H3. The second kappa shape index (κ2) is 6.11. The molecule has 0 aliphatic heterocycles. The number of hydrogen-bond donors (Lipinski definition) is 1. The zero-order valence-electron chi connectivity index (χ0n) is 9.71. The third kappa shape index (κ3) is 3.09. The number of hydrogen-bond acceptors (Lipinski definition) is 2. The van der Waals surface area contributed by atoms with Gasteiger partial charge in [0, 0.05) is 10.0 Å². The third-order valence-corrected chi connectivity index (χ3v) is 3.62. The lowest BCUT2D eigenvalue weighted by molar-refractivity contribution is 0.450. The maximum atomic E-state index is 6.04. The second-order valence-corrected chi connectivity index (χ2v) is 5.55. The van der Waals surface area contributed by atoms with Gasteiger partial charge in [0.1, 0.15) is 5.76 Å². The quantitative estimate of drug-likeness (QED) is 0.836. The Balaban J connectivity index is 2.44. The molecule has 0 bridgehead atoms. The van der Waals surface area contributed by atoms with Gasteiger partial charge in [-0.3, -0.25) is 0 Å². The van der Waals surface area contributed by atoms with Gasteiger partial charge in [0.25, 0.3) is 0 Å². The average Bonchev–Trinajstić information content (AvgIpc) is 2.71. The van der Waals surface area contributed by atoms with Crippen LogP contribution in [0.1, 0.15) is 24.3 Å². The maximum absolute atomic E-state index is 6.04. The number of nitrogens with one attached hydrogen (secondary N) is 1. The number of furan rings is 1. The number of halogens is 3. The molecule has 0 spiro atoms. The summed E-state index contributed by atoms with van der Waals surface area (Å²) in [5.41, 5.74) is 0.977. The molecular formula is C13H12BrCl2NO. The molecule has 96 valence electrons. The molecule has 1 N–H and O–H groups in total. The van der Waals surface area contributed by atoms with Gasteiger partial charge < -0.3 is 9.73 Å². The Morgan fingerprint density at radius 3 is 2.44 bits per heavy atom. The van der Waals surface area contributed by atoms with E-state index in [9.17, 15) is 0 Å². The second-order valence-electron chi connectivity index (χ2n) is 3.83. The van der Waals surface area contributed by atoms with Crippen LogP contribution in [0.3, 0.4) is 0 Å². The summed E-state index contributed by atoms with van der Waals surface area (Å²) in [4.78, 5) is 0. The normalized spacial score (nSPS) is 12.7. The summed E-state index contributed by atoms with van der Waals surface area (Å²) in [5.74, 6) is 0.815. The van der Waals surface area contributed by atoms with E-state index in [2.05, 4.69) is 21.2 Å². The lowest BCUT2D eigenvalue weighted by Crippen LogP contribution is -2.21. The fourth-order valence-electron chi connectivity index (χ4n) is 1.82. The van der Waals surface area contributed by atoms with Crippen molar-refractivity contribution in [3.05, 3.63) is 56.4 Å². The van der Waals surface area contributed by atoms with Gasteiger partial charge >= 0.3 is 0 Å². The summed E-state index contributed by atoms with van der Waals surface area (Å²) in [7, 11) is 0. The Hall–Kier alpha value is -0.480. The van der Waals surface area contributed by atoms with Crippen molar-refractivity contribution < 1.29 is 4.42 Å². The lowest BCUT2D eigenvalue weighted by atomic mass is 10.0. The molecule has 2 aromatic rings. The molecule has 5 heteroatoms. The van der Waals surface area contributed by atoms with Crippen molar-refractivity contribution in [3.63, 3.8) is 0 Å². The molecule has 2 rings (SSSR count). The van der Waals surface area contributed by atoms with Crippen LogP contribution in [-0.4, -0.2) is 6.54 Å². The fourth-order valence-corrected chi connectivity index (χ4v) is 2.79. The molecule has 1 aromatic carbocycles. The van der Waals surface area contributed by atoms with Crippen LogP contribution >= 0.6 is 39.1 Å². The van der Waals surface area contributed by atoms with Gasteiger partial charge in [-0.05, 0) is 52.3 Å². The SMILES string of the molecule is CCNC(c1cc(Cl)cc(Cl)c1)c1occc1Br. The molecule has 1 heterocycles. The summed E-state index contributed by atoms with van der Waals surface area (Å²) >= 11 is 15.6. The molecule has 0 radical (unpaired) electrons. The first kappa shape index (κ1) is 13.9. The Morgan fingerprint density at radius 2 is 1.94 bits per heavy atom. The Bertz CT molecular complexity index is 521. The molecule has 2 nitrogen and oxygen atoms in total. The minimum atomic E-state index is -0.0735. The van der Waals surface area contributed by atoms with Gasteiger partial charge in [0.15, 0.2) is 0 Å². The van der Waals surface area contributed by atoms with Crippen molar-refractivity contribution in [2.24, 2.45) is 0 Å². The topological polar surface area (TPSA) is 25.2 Å². The van der Waals surface area contributed by atoms with Crippen LogP contribution in [0, 0.1) is 0 Å². The van der Waals surface area contributed by atoms with Crippen LogP contribution in [0.5, 0.6) is 0 Å². The number of rotatable bonds is 4. The van der Waals surface area contributed by atoms with Crippen molar-refractivity contribution in [3.8, 4) is 0 Å². The summed E-state index contributed by atoms with van der Waals surface area (Å²) in [5, 5.41) is 4.58. The molecule has 1 aromatic heterocycles. The van der Waals surface area contributed by atoms with Crippen molar-refractivity contribution in [2.75, 3.05) is 6.54 Å². The summed E-state index contributed by atoms with van der Waals surface area (Å²) in [6, 6.07) is 7.28. The van der Waals surface area contributed by atoms with Crippen molar-refractivity contribution in [2.45, 2.75) is 13.0 Å². The van der Waals surface area contributed by atoms with Crippen LogP contribution in [0.4, 0.5) is 0 Å². The summed E-state index contributed by atoms with van der Waals surface area (Å²) in [6.45, 7) is 2.85. The Morgan fingerprint density at radius 1 is 1.28 bits per heavy atom. The smallest absolute Gasteiger partial charge is 0.139 e. The Labute approximate surface area is 124 Å². The summed E-state index contributed by atoms with van der Waals surface area (Å²) < 4.78 is 6.44. The molecular weight excluding hydrogens is 337 g/mol. The van der Waals surface area contributed by atoms with Gasteiger partial charge in [-0.1, -0.05) is 30.1 Å². The average molecular weight is 349 g/mol. The van der Waals surface area contributed by atoms with E-state index < -0.39 is 0 Å².